The number of benzene rings is 3. The first-order chi connectivity index (χ1) is 13.6. The van der Waals surface area contributed by atoms with Crippen LogP contribution in [0.5, 0.6) is 0 Å². The van der Waals surface area contributed by atoms with Crippen LogP contribution in [0, 0.1) is 0 Å². The Morgan fingerprint density at radius 2 is 1.64 bits per heavy atom. The van der Waals surface area contributed by atoms with Crippen molar-refractivity contribution in [3.8, 4) is 5.69 Å². The number of carbonyl (C=O) groups excluding carboxylic acids is 2. The van der Waals surface area contributed by atoms with Gasteiger partial charge >= 0.3 is 0 Å². The molecule has 2 N–H and O–H groups in total. The number of para-hydroxylation sites is 2. The van der Waals surface area contributed by atoms with E-state index < -0.39 is 0 Å². The Kier molecular flexibility index (Phi) is 4.60. The number of hydrogen-bond acceptors (Lipinski definition) is 3. The quantitative estimate of drug-likeness (QED) is 0.564. The van der Waals surface area contributed by atoms with Crippen LogP contribution < -0.4 is 10.6 Å². The smallest absolute Gasteiger partial charge is 0.255 e. The lowest BCUT2D eigenvalue weighted by Gasteiger charge is -2.09. The highest BCUT2D eigenvalue weighted by atomic mass is 16.2. The molecular formula is C22H18N4O2. The van der Waals surface area contributed by atoms with E-state index in [1.165, 1.54) is 6.92 Å². The van der Waals surface area contributed by atoms with Gasteiger partial charge in [0.15, 0.2) is 0 Å². The van der Waals surface area contributed by atoms with Gasteiger partial charge in [0, 0.05) is 29.5 Å². The minimum Gasteiger partial charge on any atom is -0.326 e. The Morgan fingerprint density at radius 3 is 2.43 bits per heavy atom. The summed E-state index contributed by atoms with van der Waals surface area (Å²) in [5.74, 6) is -0.423. The molecule has 3 aromatic carbocycles. The van der Waals surface area contributed by atoms with E-state index in [-0.39, 0.29) is 11.8 Å². The maximum Gasteiger partial charge on any atom is 0.255 e. The molecule has 0 atom stereocenters. The molecule has 0 aliphatic rings. The van der Waals surface area contributed by atoms with Crippen molar-refractivity contribution in [3.63, 3.8) is 0 Å². The zero-order valence-electron chi connectivity index (χ0n) is 15.2. The summed E-state index contributed by atoms with van der Waals surface area (Å²) in [6.45, 7) is 1.43. The Morgan fingerprint density at radius 1 is 0.857 bits per heavy atom. The number of amides is 2. The van der Waals surface area contributed by atoms with Crippen LogP contribution in [0.3, 0.4) is 0 Å². The molecule has 1 aromatic heterocycles. The molecule has 28 heavy (non-hydrogen) atoms. The van der Waals surface area contributed by atoms with E-state index >= 15 is 0 Å². The maximum absolute atomic E-state index is 12.5. The molecule has 2 amide bonds. The molecule has 0 bridgehead atoms. The number of aromatic nitrogens is 2. The number of nitrogens with zero attached hydrogens (tertiary/aromatic N) is 2. The van der Waals surface area contributed by atoms with E-state index in [4.69, 9.17) is 0 Å². The van der Waals surface area contributed by atoms with E-state index in [1.54, 1.807) is 30.6 Å². The molecule has 0 fully saturated rings. The van der Waals surface area contributed by atoms with Crippen LogP contribution in [-0.4, -0.2) is 21.4 Å². The SMILES string of the molecule is CC(=O)Nc1cccc(C(=O)Nc2ccc(-n3cnc4ccccc43)cc2)c1. The minimum absolute atomic E-state index is 0.180. The van der Waals surface area contributed by atoms with E-state index in [9.17, 15) is 9.59 Å². The van der Waals surface area contributed by atoms with Gasteiger partial charge in [-0.3, -0.25) is 14.2 Å². The average molecular weight is 370 g/mol. The Balaban J connectivity index is 1.52. The summed E-state index contributed by atoms with van der Waals surface area (Å²) in [5.41, 5.74) is 4.65. The fourth-order valence-electron chi connectivity index (χ4n) is 3.02. The first kappa shape index (κ1) is 17.5. The van der Waals surface area contributed by atoms with Gasteiger partial charge in [0.1, 0.15) is 6.33 Å². The van der Waals surface area contributed by atoms with Crippen LogP contribution in [0.2, 0.25) is 0 Å². The van der Waals surface area contributed by atoms with E-state index in [2.05, 4.69) is 15.6 Å². The Bertz CT molecular complexity index is 1160. The van der Waals surface area contributed by atoms with Gasteiger partial charge in [-0.25, -0.2) is 4.98 Å². The molecule has 0 aliphatic carbocycles. The molecule has 0 aliphatic heterocycles. The summed E-state index contributed by atoms with van der Waals surface area (Å²) in [6, 6.07) is 22.3. The van der Waals surface area contributed by atoms with Gasteiger partial charge in [0.05, 0.1) is 11.0 Å². The molecule has 6 nitrogen and oxygen atoms in total. The number of fused-ring (bicyclic) bond motifs is 1. The van der Waals surface area contributed by atoms with Crippen molar-refractivity contribution in [2.24, 2.45) is 0 Å². The average Bonchev–Trinajstić information content (AvgIpc) is 3.12. The lowest BCUT2D eigenvalue weighted by atomic mass is 10.1. The standard InChI is InChI=1S/C22H18N4O2/c1-15(27)24-18-6-4-5-16(13-18)22(28)25-17-9-11-19(12-10-17)26-14-23-20-7-2-3-8-21(20)26/h2-14H,1H3,(H,24,27)(H,25,28). The molecule has 1 heterocycles. The third-order valence-corrected chi connectivity index (χ3v) is 4.30. The van der Waals surface area contributed by atoms with Crippen LogP contribution in [0.4, 0.5) is 11.4 Å². The summed E-state index contributed by atoms with van der Waals surface area (Å²) in [6.07, 6.45) is 1.78. The van der Waals surface area contributed by atoms with Gasteiger partial charge in [0.2, 0.25) is 5.91 Å². The lowest BCUT2D eigenvalue weighted by Crippen LogP contribution is -2.13. The maximum atomic E-state index is 12.5. The fourth-order valence-corrected chi connectivity index (χ4v) is 3.02. The Labute approximate surface area is 161 Å². The van der Waals surface area contributed by atoms with Gasteiger partial charge in [-0.05, 0) is 54.6 Å². The van der Waals surface area contributed by atoms with Gasteiger partial charge in [-0.15, -0.1) is 0 Å². The minimum atomic E-state index is -0.243. The van der Waals surface area contributed by atoms with E-state index in [0.717, 1.165) is 16.7 Å². The molecule has 0 saturated carbocycles. The summed E-state index contributed by atoms with van der Waals surface area (Å²) >= 11 is 0. The van der Waals surface area contributed by atoms with Crippen LogP contribution in [0.1, 0.15) is 17.3 Å². The van der Waals surface area contributed by atoms with E-state index in [1.807, 2.05) is 53.1 Å². The predicted octanol–water partition coefficient (Wildman–Crippen LogP) is 4.24. The molecule has 4 rings (SSSR count). The normalized spacial score (nSPS) is 10.6. The van der Waals surface area contributed by atoms with Gasteiger partial charge in [-0.1, -0.05) is 18.2 Å². The highest BCUT2D eigenvalue weighted by molar-refractivity contribution is 6.05. The zero-order valence-corrected chi connectivity index (χ0v) is 15.2. The van der Waals surface area contributed by atoms with Crippen LogP contribution in [0.25, 0.3) is 16.7 Å². The Hall–Kier alpha value is -3.93. The van der Waals surface area contributed by atoms with E-state index in [0.29, 0.717) is 16.9 Å². The number of nitrogens with one attached hydrogen (secondary N) is 2. The number of carbonyl (C=O) groups is 2. The monoisotopic (exact) mass is 370 g/mol. The van der Waals surface area contributed by atoms with Crippen molar-refractivity contribution in [1.29, 1.82) is 0 Å². The summed E-state index contributed by atoms with van der Waals surface area (Å²) in [4.78, 5) is 28.1. The van der Waals surface area contributed by atoms with Crippen molar-refractivity contribution >= 4 is 34.2 Å². The van der Waals surface area contributed by atoms with Crippen molar-refractivity contribution in [3.05, 3.63) is 84.7 Å². The van der Waals surface area contributed by atoms with Gasteiger partial charge < -0.3 is 10.6 Å². The second kappa shape index (κ2) is 7.36. The fraction of sp³-hybridized carbons (Fsp3) is 0.0455. The molecule has 4 aromatic rings. The molecular weight excluding hydrogens is 352 g/mol. The first-order valence-corrected chi connectivity index (χ1v) is 8.82. The lowest BCUT2D eigenvalue weighted by molar-refractivity contribution is -0.114. The van der Waals surface area contributed by atoms with Crippen molar-refractivity contribution in [2.45, 2.75) is 6.92 Å². The summed E-state index contributed by atoms with van der Waals surface area (Å²) in [7, 11) is 0. The molecule has 138 valence electrons. The van der Waals surface area contributed by atoms with Crippen LogP contribution in [-0.2, 0) is 4.79 Å². The molecule has 6 heteroatoms. The highest BCUT2D eigenvalue weighted by Crippen LogP contribution is 2.20. The highest BCUT2D eigenvalue weighted by Gasteiger charge is 2.08. The van der Waals surface area contributed by atoms with Gasteiger partial charge in [0.25, 0.3) is 5.91 Å². The molecule has 0 radical (unpaired) electrons. The largest absolute Gasteiger partial charge is 0.326 e. The van der Waals surface area contributed by atoms with Crippen molar-refractivity contribution in [1.82, 2.24) is 9.55 Å². The third-order valence-electron chi connectivity index (χ3n) is 4.30. The van der Waals surface area contributed by atoms with Crippen LogP contribution in [0.15, 0.2) is 79.1 Å². The first-order valence-electron chi connectivity index (χ1n) is 8.82. The molecule has 0 unspecified atom stereocenters. The summed E-state index contributed by atoms with van der Waals surface area (Å²) in [5, 5.41) is 5.55. The van der Waals surface area contributed by atoms with Crippen molar-refractivity contribution in [2.75, 3.05) is 10.6 Å². The predicted molar refractivity (Wildman–Crippen MR) is 110 cm³/mol. The van der Waals surface area contributed by atoms with Crippen molar-refractivity contribution < 1.29 is 9.59 Å². The number of hydrogen-bond donors (Lipinski definition) is 2. The van der Waals surface area contributed by atoms with Gasteiger partial charge in [-0.2, -0.15) is 0 Å². The van der Waals surface area contributed by atoms with Crippen LogP contribution >= 0.6 is 0 Å². The second-order valence-corrected chi connectivity index (χ2v) is 6.37. The topological polar surface area (TPSA) is 76.0 Å². The molecule has 0 spiro atoms. The second-order valence-electron chi connectivity index (χ2n) is 6.37. The number of anilines is 2. The number of rotatable bonds is 4. The molecule has 0 saturated heterocycles. The zero-order chi connectivity index (χ0) is 19.5. The summed E-state index contributed by atoms with van der Waals surface area (Å²) < 4.78 is 2.00. The number of imidazole rings is 1. The third kappa shape index (κ3) is 3.61.